The summed E-state index contributed by atoms with van der Waals surface area (Å²) in [5.41, 5.74) is 3.00. The molecule has 2 aromatic heterocycles. The second kappa shape index (κ2) is 13.7. The Bertz CT molecular complexity index is 1710. The number of aliphatic hydroxyl groups is 1. The number of rotatable bonds is 10. The first kappa shape index (κ1) is 31.8. The SMILES string of the molecule is CCc1cc(C(=O)N2CCOC3(CCN(Cc4ccc(F)c(CCNC[C@H](O)c5ccc(O)c6[nH]c(=O)sc56)c4)CC3)C2)cs1. The van der Waals surface area contributed by atoms with Crippen LogP contribution in [0.25, 0.3) is 10.2 Å². The molecule has 2 aliphatic heterocycles. The zero-order valence-corrected chi connectivity index (χ0v) is 26.9. The highest BCUT2D eigenvalue weighted by atomic mass is 32.1. The number of morpholine rings is 1. The molecule has 2 aliphatic rings. The van der Waals surface area contributed by atoms with Crippen LogP contribution in [0.2, 0.25) is 0 Å². The summed E-state index contributed by atoms with van der Waals surface area (Å²) < 4.78 is 21.5. The maximum atomic E-state index is 14.7. The minimum absolute atomic E-state index is 0.0349. The maximum Gasteiger partial charge on any atom is 0.305 e. The average molecular weight is 655 g/mol. The van der Waals surface area contributed by atoms with E-state index >= 15 is 0 Å². The second-order valence-electron chi connectivity index (χ2n) is 12.0. The first-order chi connectivity index (χ1) is 21.7. The second-order valence-corrected chi connectivity index (χ2v) is 14.0. The lowest BCUT2D eigenvalue weighted by Crippen LogP contribution is -2.57. The molecule has 4 heterocycles. The van der Waals surface area contributed by atoms with E-state index in [2.05, 4.69) is 22.1 Å². The van der Waals surface area contributed by atoms with Crippen molar-refractivity contribution in [2.24, 2.45) is 0 Å². The van der Waals surface area contributed by atoms with Crippen molar-refractivity contribution in [3.63, 3.8) is 0 Å². The highest BCUT2D eigenvalue weighted by Gasteiger charge is 2.41. The summed E-state index contributed by atoms with van der Waals surface area (Å²) in [6.45, 7) is 6.96. The third kappa shape index (κ3) is 7.16. The number of aliphatic hydroxyl groups excluding tert-OH is 1. The Morgan fingerprint density at radius 3 is 2.80 bits per heavy atom. The number of thiazole rings is 1. The van der Waals surface area contributed by atoms with Crippen molar-refractivity contribution in [3.8, 4) is 5.75 Å². The van der Waals surface area contributed by atoms with Gasteiger partial charge in [-0.05, 0) is 61.6 Å². The Balaban J connectivity index is 0.989. The molecule has 0 aliphatic carbocycles. The van der Waals surface area contributed by atoms with E-state index in [9.17, 15) is 24.2 Å². The summed E-state index contributed by atoms with van der Waals surface area (Å²) in [4.78, 5) is 32.8. The van der Waals surface area contributed by atoms with Crippen LogP contribution >= 0.6 is 22.7 Å². The number of halogens is 1. The van der Waals surface area contributed by atoms with Gasteiger partial charge in [-0.15, -0.1) is 11.3 Å². The first-order valence-corrected chi connectivity index (χ1v) is 17.2. The number of nitrogens with zero attached hydrogens (tertiary/aromatic N) is 2. The number of carbonyl (C=O) groups is 1. The molecular formula is C33H39FN4O5S2. The molecule has 9 nitrogen and oxygen atoms in total. The van der Waals surface area contributed by atoms with Crippen LogP contribution in [-0.2, 0) is 24.1 Å². The fourth-order valence-corrected chi connectivity index (χ4v) is 8.08. The van der Waals surface area contributed by atoms with E-state index in [1.165, 1.54) is 17.0 Å². The van der Waals surface area contributed by atoms with Crippen LogP contribution in [0.4, 0.5) is 4.39 Å². The number of hydrogen-bond donors (Lipinski definition) is 4. The first-order valence-electron chi connectivity index (χ1n) is 15.5. The van der Waals surface area contributed by atoms with Crippen molar-refractivity contribution in [1.82, 2.24) is 20.1 Å². The Hall–Kier alpha value is -3.13. The van der Waals surface area contributed by atoms with E-state index in [4.69, 9.17) is 4.74 Å². The van der Waals surface area contributed by atoms with Crippen LogP contribution < -0.4 is 10.2 Å². The van der Waals surface area contributed by atoms with Crippen LogP contribution in [0.15, 0.2) is 46.6 Å². The van der Waals surface area contributed by atoms with Crippen LogP contribution in [0, 0.1) is 5.82 Å². The van der Waals surface area contributed by atoms with Gasteiger partial charge >= 0.3 is 4.87 Å². The van der Waals surface area contributed by atoms with Gasteiger partial charge in [-0.3, -0.25) is 14.5 Å². The number of amides is 1. The molecule has 240 valence electrons. The molecular weight excluding hydrogens is 616 g/mol. The van der Waals surface area contributed by atoms with E-state index in [-0.39, 0.29) is 34.5 Å². The number of likely N-dealkylation sites (tertiary alicyclic amines) is 1. The number of phenolic OH excluding ortho intramolecular Hbond substituents is 1. The van der Waals surface area contributed by atoms with Gasteiger partial charge in [-0.1, -0.05) is 36.5 Å². The Kier molecular flexibility index (Phi) is 9.69. The fraction of sp³-hybridized carbons (Fsp3) is 0.455. The number of aromatic hydroxyl groups is 1. The molecule has 1 spiro atoms. The van der Waals surface area contributed by atoms with Crippen molar-refractivity contribution in [2.45, 2.75) is 50.9 Å². The molecule has 1 atom stereocenters. The molecule has 0 unspecified atom stereocenters. The Labute approximate surface area is 269 Å². The number of carbonyl (C=O) groups excluding carboxylic acids is 1. The molecule has 6 rings (SSSR count). The molecule has 12 heteroatoms. The monoisotopic (exact) mass is 654 g/mol. The number of aromatic nitrogens is 1. The highest BCUT2D eigenvalue weighted by molar-refractivity contribution is 7.16. The molecule has 45 heavy (non-hydrogen) atoms. The largest absolute Gasteiger partial charge is 0.506 e. The number of benzene rings is 2. The summed E-state index contributed by atoms with van der Waals surface area (Å²) in [5.74, 6) is -0.198. The van der Waals surface area contributed by atoms with Gasteiger partial charge in [0.15, 0.2) is 0 Å². The van der Waals surface area contributed by atoms with Gasteiger partial charge < -0.3 is 30.2 Å². The van der Waals surface area contributed by atoms with Crippen molar-refractivity contribution in [2.75, 3.05) is 45.9 Å². The lowest BCUT2D eigenvalue weighted by Gasteiger charge is -2.47. The molecule has 0 radical (unpaired) electrons. The van der Waals surface area contributed by atoms with E-state index in [1.807, 2.05) is 28.5 Å². The Morgan fingerprint density at radius 2 is 2.02 bits per heavy atom. The number of piperidine rings is 1. The Morgan fingerprint density at radius 1 is 1.20 bits per heavy atom. The molecule has 2 aromatic carbocycles. The van der Waals surface area contributed by atoms with E-state index < -0.39 is 6.10 Å². The predicted octanol–water partition coefficient (Wildman–Crippen LogP) is 4.43. The van der Waals surface area contributed by atoms with Crippen molar-refractivity contribution < 1.29 is 24.1 Å². The lowest BCUT2D eigenvalue weighted by atomic mass is 9.89. The smallest absolute Gasteiger partial charge is 0.305 e. The highest BCUT2D eigenvalue weighted by Crippen LogP contribution is 2.33. The summed E-state index contributed by atoms with van der Waals surface area (Å²) in [6, 6.07) is 10.4. The molecule has 4 N–H and O–H groups in total. The van der Waals surface area contributed by atoms with Crippen LogP contribution in [0.1, 0.15) is 57.8 Å². The number of thiophene rings is 1. The standard InChI is InChI=1S/C33H39FN4O5S2/c1-2-24-16-23(19-44-24)31(41)38-13-14-43-33(20-38)8-11-37(12-9-33)18-21-3-5-26(34)22(15-21)7-10-35-17-28(40)25-4-6-27(39)29-30(25)45-32(42)36-29/h3-6,15-16,19,28,35,39-40H,2,7-14,17-18,20H2,1H3,(H,36,42)/t28-/m0/s1. The van der Waals surface area contributed by atoms with Gasteiger partial charge in [0.05, 0.1) is 35.1 Å². The summed E-state index contributed by atoms with van der Waals surface area (Å²) in [5, 5.41) is 25.9. The van der Waals surface area contributed by atoms with Crippen LogP contribution in [-0.4, -0.2) is 82.4 Å². The van der Waals surface area contributed by atoms with Crippen molar-refractivity contribution >= 4 is 38.8 Å². The number of phenols is 1. The topological polar surface area (TPSA) is 118 Å². The van der Waals surface area contributed by atoms with Crippen LogP contribution in [0.5, 0.6) is 5.75 Å². The van der Waals surface area contributed by atoms with E-state index in [1.54, 1.807) is 17.4 Å². The normalized spacial score (nSPS) is 17.7. The number of H-pyrrole nitrogens is 1. The van der Waals surface area contributed by atoms with Gasteiger partial charge in [0.25, 0.3) is 5.91 Å². The minimum Gasteiger partial charge on any atom is -0.506 e. The van der Waals surface area contributed by atoms with E-state index in [0.717, 1.165) is 54.8 Å². The molecule has 0 saturated carbocycles. The zero-order valence-electron chi connectivity index (χ0n) is 25.3. The molecule has 2 saturated heterocycles. The molecule has 4 aromatic rings. The maximum absolute atomic E-state index is 14.7. The average Bonchev–Trinajstić information content (AvgIpc) is 3.69. The summed E-state index contributed by atoms with van der Waals surface area (Å²) in [6.07, 6.45) is 2.19. The number of nitrogens with one attached hydrogen (secondary N) is 2. The van der Waals surface area contributed by atoms with Gasteiger partial charge in [0, 0.05) is 48.5 Å². The predicted molar refractivity (Wildman–Crippen MR) is 175 cm³/mol. The van der Waals surface area contributed by atoms with Crippen LogP contribution in [0.3, 0.4) is 0 Å². The van der Waals surface area contributed by atoms with Gasteiger partial charge in [-0.2, -0.15) is 0 Å². The third-order valence-electron chi connectivity index (χ3n) is 8.92. The number of aromatic amines is 1. The number of ether oxygens (including phenoxy) is 1. The summed E-state index contributed by atoms with van der Waals surface area (Å²) >= 11 is 2.59. The molecule has 0 bridgehead atoms. The third-order valence-corrected chi connectivity index (χ3v) is 10.9. The fourth-order valence-electron chi connectivity index (χ4n) is 6.35. The van der Waals surface area contributed by atoms with Gasteiger partial charge in [0.1, 0.15) is 17.1 Å². The van der Waals surface area contributed by atoms with E-state index in [0.29, 0.717) is 60.6 Å². The number of aryl methyl sites for hydroxylation is 1. The number of hydrogen-bond acceptors (Lipinski definition) is 9. The quantitative estimate of drug-likeness (QED) is 0.187. The number of fused-ring (bicyclic) bond motifs is 1. The zero-order chi connectivity index (χ0) is 31.6. The lowest BCUT2D eigenvalue weighted by molar-refractivity contribution is -0.127. The molecule has 1 amide bonds. The van der Waals surface area contributed by atoms with Crippen molar-refractivity contribution in [1.29, 1.82) is 0 Å². The molecule has 2 fully saturated rings. The van der Waals surface area contributed by atoms with Crippen molar-refractivity contribution in [3.05, 3.63) is 84.4 Å². The summed E-state index contributed by atoms with van der Waals surface area (Å²) in [7, 11) is 0. The van der Waals surface area contributed by atoms with Gasteiger partial charge in [-0.25, -0.2) is 4.39 Å². The minimum atomic E-state index is -0.888. The van der Waals surface area contributed by atoms with Gasteiger partial charge in [0.2, 0.25) is 0 Å².